The number of thioether (sulfide) groups is 1. The van der Waals surface area contributed by atoms with E-state index in [9.17, 15) is 24.5 Å². The number of nitrogens with zero attached hydrogens (tertiary/aromatic N) is 2. The van der Waals surface area contributed by atoms with Crippen LogP contribution in [0.5, 0.6) is 0 Å². The van der Waals surface area contributed by atoms with Crippen LogP contribution < -0.4 is 10.6 Å². The van der Waals surface area contributed by atoms with E-state index in [1.165, 1.54) is 42.1 Å². The second kappa shape index (κ2) is 12.9. The lowest BCUT2D eigenvalue weighted by Gasteiger charge is -2.12. The molecule has 0 saturated heterocycles. The van der Waals surface area contributed by atoms with Crippen LogP contribution in [0, 0.1) is 10.1 Å². The first-order valence-electron chi connectivity index (χ1n) is 11.7. The summed E-state index contributed by atoms with van der Waals surface area (Å²) in [5.41, 5.74) is 1.61. The first kappa shape index (κ1) is 27.0. The molecule has 0 atom stereocenters. The van der Waals surface area contributed by atoms with Gasteiger partial charge in [0.15, 0.2) is 5.78 Å². The number of benzene rings is 3. The number of carbonyl (C=O) groups is 3. The predicted octanol–water partition coefficient (Wildman–Crippen LogP) is 5.37. The Morgan fingerprint density at radius 1 is 0.897 bits per heavy atom. The Kier molecular flexibility index (Phi) is 8.94. The molecule has 4 rings (SSSR count). The molecule has 4 aromatic rings. The standard InChI is InChI=1S/C29H22N4O5S/c34-27(22-10-4-12-24(16-22)33(37)38)19-39-25-13-5-11-23(17-25)31-29(36)26(15-20-7-6-14-30-18-20)32-28(35)21-8-2-1-3-9-21/h1-18H,19H2,(H,31,36)(H,32,35)/b26-15-. The van der Waals surface area contributed by atoms with Gasteiger partial charge in [-0.2, -0.15) is 0 Å². The summed E-state index contributed by atoms with van der Waals surface area (Å²) in [6.45, 7) is 0. The molecule has 0 aliphatic carbocycles. The van der Waals surface area contributed by atoms with Crippen LogP contribution >= 0.6 is 11.8 Å². The largest absolute Gasteiger partial charge is 0.321 e. The lowest BCUT2D eigenvalue weighted by molar-refractivity contribution is -0.384. The number of anilines is 1. The van der Waals surface area contributed by atoms with Crippen LogP contribution in [0.25, 0.3) is 6.08 Å². The minimum Gasteiger partial charge on any atom is -0.321 e. The van der Waals surface area contributed by atoms with Crippen molar-refractivity contribution in [1.29, 1.82) is 0 Å². The number of Topliss-reactive ketones (excluding diaryl/α,β-unsaturated/α-hetero) is 1. The number of rotatable bonds is 10. The van der Waals surface area contributed by atoms with E-state index in [2.05, 4.69) is 15.6 Å². The highest BCUT2D eigenvalue weighted by Crippen LogP contribution is 2.24. The molecule has 0 bridgehead atoms. The van der Waals surface area contributed by atoms with Gasteiger partial charge in [-0.25, -0.2) is 0 Å². The Morgan fingerprint density at radius 3 is 2.41 bits per heavy atom. The third kappa shape index (κ3) is 7.70. The predicted molar refractivity (Wildman–Crippen MR) is 149 cm³/mol. The molecular formula is C29H22N4O5S. The van der Waals surface area contributed by atoms with Gasteiger partial charge in [0.2, 0.25) is 0 Å². The van der Waals surface area contributed by atoms with E-state index in [1.54, 1.807) is 79.1 Å². The molecular weight excluding hydrogens is 516 g/mol. The fraction of sp³-hybridized carbons (Fsp3) is 0.0345. The maximum Gasteiger partial charge on any atom is 0.272 e. The van der Waals surface area contributed by atoms with Gasteiger partial charge in [0.1, 0.15) is 5.70 Å². The lowest BCUT2D eigenvalue weighted by Crippen LogP contribution is -2.30. The summed E-state index contributed by atoms with van der Waals surface area (Å²) in [5, 5.41) is 16.4. The zero-order valence-electron chi connectivity index (χ0n) is 20.4. The smallest absolute Gasteiger partial charge is 0.272 e. The van der Waals surface area contributed by atoms with Crippen LogP contribution in [0.2, 0.25) is 0 Å². The van der Waals surface area contributed by atoms with Crippen molar-refractivity contribution in [1.82, 2.24) is 10.3 Å². The molecule has 194 valence electrons. The average molecular weight is 539 g/mol. The number of nitro groups is 1. The van der Waals surface area contributed by atoms with Crippen LogP contribution in [0.3, 0.4) is 0 Å². The summed E-state index contributed by atoms with van der Waals surface area (Å²) < 4.78 is 0. The number of nitrogens with one attached hydrogen (secondary N) is 2. The number of hydrogen-bond acceptors (Lipinski definition) is 7. The van der Waals surface area contributed by atoms with Gasteiger partial charge in [-0.3, -0.25) is 29.5 Å². The topological polar surface area (TPSA) is 131 Å². The molecule has 1 heterocycles. The Labute approximate surface area is 228 Å². The third-order valence-electron chi connectivity index (χ3n) is 5.37. The summed E-state index contributed by atoms with van der Waals surface area (Å²) in [7, 11) is 0. The van der Waals surface area contributed by atoms with E-state index in [-0.39, 0.29) is 28.5 Å². The van der Waals surface area contributed by atoms with E-state index in [0.717, 1.165) is 0 Å². The fourth-order valence-electron chi connectivity index (χ4n) is 3.46. The van der Waals surface area contributed by atoms with Crippen molar-refractivity contribution in [2.24, 2.45) is 0 Å². The summed E-state index contributed by atoms with van der Waals surface area (Å²) in [5.74, 6) is -1.19. The molecule has 2 N–H and O–H groups in total. The lowest BCUT2D eigenvalue weighted by atomic mass is 10.1. The quantitative estimate of drug-likeness (QED) is 0.0912. The van der Waals surface area contributed by atoms with Crippen molar-refractivity contribution in [3.05, 3.63) is 136 Å². The molecule has 3 aromatic carbocycles. The zero-order valence-corrected chi connectivity index (χ0v) is 21.3. The van der Waals surface area contributed by atoms with Gasteiger partial charge in [0.25, 0.3) is 17.5 Å². The SMILES string of the molecule is O=C(Nc1cccc(SCC(=O)c2cccc([N+](=O)[O-])c2)c1)/C(=C/c1cccnc1)NC(=O)c1ccccc1. The number of amides is 2. The molecule has 0 radical (unpaired) electrons. The van der Waals surface area contributed by atoms with Crippen molar-refractivity contribution < 1.29 is 19.3 Å². The number of carbonyl (C=O) groups excluding carboxylic acids is 3. The summed E-state index contributed by atoms with van der Waals surface area (Å²) in [6, 6.07) is 24.5. The Morgan fingerprint density at radius 2 is 1.67 bits per heavy atom. The van der Waals surface area contributed by atoms with Crippen molar-refractivity contribution in [2.75, 3.05) is 11.1 Å². The maximum absolute atomic E-state index is 13.2. The number of hydrogen-bond donors (Lipinski definition) is 2. The van der Waals surface area contributed by atoms with Crippen molar-refractivity contribution >= 4 is 46.8 Å². The Bertz CT molecular complexity index is 1540. The number of non-ortho nitro benzene ring substituents is 1. The van der Waals surface area contributed by atoms with Gasteiger partial charge in [0, 0.05) is 46.2 Å². The molecule has 39 heavy (non-hydrogen) atoms. The van der Waals surface area contributed by atoms with Gasteiger partial charge in [0.05, 0.1) is 10.7 Å². The van der Waals surface area contributed by atoms with E-state index in [4.69, 9.17) is 0 Å². The van der Waals surface area contributed by atoms with Gasteiger partial charge in [-0.15, -0.1) is 11.8 Å². The monoisotopic (exact) mass is 538 g/mol. The molecule has 0 saturated carbocycles. The molecule has 0 aliphatic heterocycles. The molecule has 0 spiro atoms. The molecule has 0 fully saturated rings. The molecule has 0 aliphatic rings. The second-order valence-electron chi connectivity index (χ2n) is 8.17. The fourth-order valence-corrected chi connectivity index (χ4v) is 4.31. The van der Waals surface area contributed by atoms with Crippen molar-refractivity contribution in [3.8, 4) is 0 Å². The van der Waals surface area contributed by atoms with Crippen LogP contribution in [0.4, 0.5) is 11.4 Å². The first-order valence-corrected chi connectivity index (χ1v) is 12.7. The van der Waals surface area contributed by atoms with Gasteiger partial charge in [-0.1, -0.05) is 42.5 Å². The molecule has 1 aromatic heterocycles. The van der Waals surface area contributed by atoms with E-state index < -0.39 is 16.7 Å². The van der Waals surface area contributed by atoms with Crippen LogP contribution in [0.1, 0.15) is 26.3 Å². The van der Waals surface area contributed by atoms with Gasteiger partial charge >= 0.3 is 0 Å². The second-order valence-corrected chi connectivity index (χ2v) is 9.21. The Hall–Kier alpha value is -5.09. The van der Waals surface area contributed by atoms with Crippen LogP contribution in [-0.2, 0) is 4.79 Å². The third-order valence-corrected chi connectivity index (χ3v) is 6.36. The first-order chi connectivity index (χ1) is 18.9. The molecule has 10 heteroatoms. The number of pyridine rings is 1. The highest BCUT2D eigenvalue weighted by molar-refractivity contribution is 8.00. The minimum absolute atomic E-state index is 0.0239. The summed E-state index contributed by atoms with van der Waals surface area (Å²) in [4.78, 5) is 53.7. The number of nitro benzene ring substituents is 1. The van der Waals surface area contributed by atoms with E-state index in [0.29, 0.717) is 21.7 Å². The maximum atomic E-state index is 13.2. The van der Waals surface area contributed by atoms with Crippen molar-refractivity contribution in [2.45, 2.75) is 4.90 Å². The number of aromatic nitrogens is 1. The number of ketones is 1. The zero-order chi connectivity index (χ0) is 27.6. The molecule has 9 nitrogen and oxygen atoms in total. The van der Waals surface area contributed by atoms with E-state index in [1.807, 2.05) is 0 Å². The highest BCUT2D eigenvalue weighted by atomic mass is 32.2. The summed E-state index contributed by atoms with van der Waals surface area (Å²) in [6.07, 6.45) is 4.70. The normalized spacial score (nSPS) is 10.9. The average Bonchev–Trinajstić information content (AvgIpc) is 2.96. The van der Waals surface area contributed by atoms with Gasteiger partial charge in [-0.05, 0) is 48.0 Å². The molecule has 0 unspecified atom stereocenters. The van der Waals surface area contributed by atoms with Crippen LogP contribution in [0.15, 0.2) is 114 Å². The van der Waals surface area contributed by atoms with E-state index >= 15 is 0 Å². The molecule has 2 amide bonds. The summed E-state index contributed by atoms with van der Waals surface area (Å²) >= 11 is 1.23. The van der Waals surface area contributed by atoms with Gasteiger partial charge < -0.3 is 10.6 Å². The minimum atomic E-state index is -0.546. The Balaban J connectivity index is 1.46. The highest BCUT2D eigenvalue weighted by Gasteiger charge is 2.16. The van der Waals surface area contributed by atoms with Crippen molar-refractivity contribution in [3.63, 3.8) is 0 Å². The van der Waals surface area contributed by atoms with Crippen LogP contribution in [-0.4, -0.2) is 33.3 Å².